The molecule has 1 atom stereocenters. The number of likely N-dealkylation sites (tertiary alicyclic amines) is 1. The predicted molar refractivity (Wildman–Crippen MR) is 134 cm³/mol. The maximum absolute atomic E-state index is 13.7. The Morgan fingerprint density at radius 1 is 1.09 bits per heavy atom. The quantitative estimate of drug-likeness (QED) is 0.587. The molecule has 1 aliphatic heterocycles. The zero-order valence-electron chi connectivity index (χ0n) is 20.4. The number of nitrogens with zero attached hydrogens (tertiary/aromatic N) is 4. The molecule has 9 heteroatoms. The van der Waals surface area contributed by atoms with Gasteiger partial charge in [-0.15, -0.1) is 0 Å². The third-order valence-corrected chi connectivity index (χ3v) is 6.43. The lowest BCUT2D eigenvalue weighted by Gasteiger charge is -2.27. The second-order valence-electron chi connectivity index (χ2n) is 9.08. The lowest BCUT2D eigenvalue weighted by Crippen LogP contribution is -2.45. The average molecular weight is 478 g/mol. The summed E-state index contributed by atoms with van der Waals surface area (Å²) in [6.07, 6.45) is 3.58. The van der Waals surface area contributed by atoms with Gasteiger partial charge in [-0.2, -0.15) is 0 Å². The van der Waals surface area contributed by atoms with Crippen LogP contribution in [-0.4, -0.2) is 50.0 Å². The highest BCUT2D eigenvalue weighted by Crippen LogP contribution is 2.21. The molecule has 2 aromatic heterocycles. The van der Waals surface area contributed by atoms with Gasteiger partial charge >= 0.3 is 5.69 Å². The molecule has 1 fully saturated rings. The van der Waals surface area contributed by atoms with E-state index in [9.17, 15) is 19.2 Å². The predicted octanol–water partition coefficient (Wildman–Crippen LogP) is 2.40. The van der Waals surface area contributed by atoms with Gasteiger partial charge in [0.15, 0.2) is 5.65 Å². The minimum absolute atomic E-state index is 0.0472. The summed E-state index contributed by atoms with van der Waals surface area (Å²) in [7, 11) is 0. The number of rotatable bonds is 6. The summed E-state index contributed by atoms with van der Waals surface area (Å²) in [4.78, 5) is 59.8. The van der Waals surface area contributed by atoms with Gasteiger partial charge in [0.25, 0.3) is 11.5 Å². The second-order valence-corrected chi connectivity index (χ2v) is 9.08. The molecular formula is C26H31N5O4. The summed E-state index contributed by atoms with van der Waals surface area (Å²) in [6, 6.07) is 10.3. The number of amides is 2. The molecule has 0 spiro atoms. The Labute approximate surface area is 203 Å². The normalized spacial score (nSPS) is 14.7. The molecule has 4 rings (SSSR count). The Balaban J connectivity index is 1.99. The second kappa shape index (κ2) is 10.2. The van der Waals surface area contributed by atoms with Crippen molar-refractivity contribution in [1.82, 2.24) is 24.3 Å². The summed E-state index contributed by atoms with van der Waals surface area (Å²) < 4.78 is 2.21. The Hall–Kier alpha value is -3.75. The Bertz CT molecular complexity index is 1370. The first-order valence-electron chi connectivity index (χ1n) is 12.1. The number of aryl methyl sites for hydroxylation is 1. The van der Waals surface area contributed by atoms with Gasteiger partial charge < -0.3 is 10.2 Å². The number of piperidine rings is 1. The van der Waals surface area contributed by atoms with E-state index in [2.05, 4.69) is 10.3 Å². The van der Waals surface area contributed by atoms with Crippen molar-refractivity contribution in [3.05, 3.63) is 68.5 Å². The number of hydrogen-bond donors (Lipinski definition) is 1. The van der Waals surface area contributed by atoms with Gasteiger partial charge in [0.1, 0.15) is 6.54 Å². The number of nitrogens with one attached hydrogen (secondary N) is 1. The fourth-order valence-corrected chi connectivity index (χ4v) is 4.41. The van der Waals surface area contributed by atoms with Gasteiger partial charge in [0.05, 0.1) is 16.6 Å². The molecule has 0 unspecified atom stereocenters. The van der Waals surface area contributed by atoms with Gasteiger partial charge in [-0.1, -0.05) is 25.1 Å². The van der Waals surface area contributed by atoms with E-state index >= 15 is 0 Å². The summed E-state index contributed by atoms with van der Waals surface area (Å²) in [6.45, 7) is 6.30. The maximum Gasteiger partial charge on any atom is 0.337 e. The van der Waals surface area contributed by atoms with Crippen LogP contribution >= 0.6 is 0 Å². The van der Waals surface area contributed by atoms with E-state index in [0.717, 1.165) is 23.8 Å². The van der Waals surface area contributed by atoms with E-state index in [4.69, 9.17) is 0 Å². The largest absolute Gasteiger partial charge is 0.352 e. The molecule has 184 valence electrons. The summed E-state index contributed by atoms with van der Waals surface area (Å²) in [5, 5.41) is 2.85. The molecule has 9 nitrogen and oxygen atoms in total. The van der Waals surface area contributed by atoms with Crippen molar-refractivity contribution in [2.45, 2.75) is 59.0 Å². The van der Waals surface area contributed by atoms with E-state index in [0.29, 0.717) is 30.9 Å². The molecule has 0 saturated carbocycles. The molecular weight excluding hydrogens is 446 g/mol. The van der Waals surface area contributed by atoms with Gasteiger partial charge in [-0.05, 0) is 57.7 Å². The van der Waals surface area contributed by atoms with Crippen molar-refractivity contribution in [1.29, 1.82) is 0 Å². The monoisotopic (exact) mass is 477 g/mol. The standard InChI is InChI=1S/C26H31N5O4/c1-4-17(2)27-21(32)16-30-25(34)22-20(24(33)29-13-9-6-10-14-29)15-18(3)28-23(22)31(26(30)35)19-11-7-5-8-12-19/h5,7-8,11-12,15,17H,4,6,9-10,13-14,16H2,1-3H3,(H,27,32)/t17-/m0/s1. The van der Waals surface area contributed by atoms with Gasteiger partial charge in [-0.25, -0.2) is 18.9 Å². The zero-order valence-corrected chi connectivity index (χ0v) is 20.4. The molecule has 1 aliphatic rings. The molecule has 2 amide bonds. The van der Waals surface area contributed by atoms with Crippen molar-refractivity contribution < 1.29 is 9.59 Å². The molecule has 35 heavy (non-hydrogen) atoms. The lowest BCUT2D eigenvalue weighted by molar-refractivity contribution is -0.122. The number of carbonyl (C=O) groups excluding carboxylic acids is 2. The van der Waals surface area contributed by atoms with E-state index in [-0.39, 0.29) is 28.5 Å². The first-order valence-corrected chi connectivity index (χ1v) is 12.1. The summed E-state index contributed by atoms with van der Waals surface area (Å²) in [5.74, 6) is -0.701. The zero-order chi connectivity index (χ0) is 25.1. The average Bonchev–Trinajstić information content (AvgIpc) is 2.86. The van der Waals surface area contributed by atoms with E-state index < -0.39 is 23.7 Å². The molecule has 1 aromatic carbocycles. The number of pyridine rings is 1. The number of fused-ring (bicyclic) bond motifs is 1. The van der Waals surface area contributed by atoms with Crippen molar-refractivity contribution in [3.63, 3.8) is 0 Å². The van der Waals surface area contributed by atoms with Crippen molar-refractivity contribution in [2.75, 3.05) is 13.1 Å². The third-order valence-electron chi connectivity index (χ3n) is 6.43. The minimum atomic E-state index is -0.690. The van der Waals surface area contributed by atoms with E-state index in [1.54, 1.807) is 42.2 Å². The molecule has 3 aromatic rings. The Kier molecular flexibility index (Phi) is 7.14. The van der Waals surface area contributed by atoms with Crippen LogP contribution in [0.3, 0.4) is 0 Å². The first kappa shape index (κ1) is 24.4. The number of para-hydroxylation sites is 1. The molecule has 0 radical (unpaired) electrons. The number of benzene rings is 1. The molecule has 1 saturated heterocycles. The highest BCUT2D eigenvalue weighted by molar-refractivity contribution is 6.05. The van der Waals surface area contributed by atoms with Crippen molar-refractivity contribution in [3.8, 4) is 5.69 Å². The topological polar surface area (TPSA) is 106 Å². The highest BCUT2D eigenvalue weighted by atomic mass is 16.2. The smallest absolute Gasteiger partial charge is 0.337 e. The van der Waals surface area contributed by atoms with Crippen LogP contribution in [0, 0.1) is 6.92 Å². The van der Waals surface area contributed by atoms with Crippen LogP contribution in [-0.2, 0) is 11.3 Å². The van der Waals surface area contributed by atoms with E-state index in [1.165, 1.54) is 4.57 Å². The first-order chi connectivity index (χ1) is 16.8. The highest BCUT2D eigenvalue weighted by Gasteiger charge is 2.26. The molecule has 0 aliphatic carbocycles. The Morgan fingerprint density at radius 2 is 1.77 bits per heavy atom. The van der Waals surface area contributed by atoms with Gasteiger partial charge in [-0.3, -0.25) is 14.4 Å². The maximum atomic E-state index is 13.7. The Morgan fingerprint density at radius 3 is 2.43 bits per heavy atom. The molecule has 3 heterocycles. The van der Waals surface area contributed by atoms with Crippen LogP contribution in [0.15, 0.2) is 46.0 Å². The number of carbonyl (C=O) groups is 2. The number of aromatic nitrogens is 3. The number of hydrogen-bond acceptors (Lipinski definition) is 5. The van der Waals surface area contributed by atoms with Crippen LogP contribution in [0.2, 0.25) is 0 Å². The molecule has 1 N–H and O–H groups in total. The van der Waals surface area contributed by atoms with Crippen molar-refractivity contribution >= 4 is 22.8 Å². The van der Waals surface area contributed by atoms with E-state index in [1.807, 2.05) is 19.9 Å². The molecule has 0 bridgehead atoms. The van der Waals surface area contributed by atoms with Crippen LogP contribution < -0.4 is 16.6 Å². The summed E-state index contributed by atoms with van der Waals surface area (Å²) >= 11 is 0. The fourth-order valence-electron chi connectivity index (χ4n) is 4.41. The summed E-state index contributed by atoms with van der Waals surface area (Å²) in [5.41, 5.74) is -0.0289. The van der Waals surface area contributed by atoms with Crippen molar-refractivity contribution in [2.24, 2.45) is 0 Å². The third kappa shape index (κ3) is 4.89. The lowest BCUT2D eigenvalue weighted by atomic mass is 10.1. The SMILES string of the molecule is CC[C@H](C)NC(=O)Cn1c(=O)c2c(C(=O)N3CCCCC3)cc(C)nc2n(-c2ccccc2)c1=O. The van der Waals surface area contributed by atoms with Crippen LogP contribution in [0.1, 0.15) is 55.6 Å². The van der Waals surface area contributed by atoms with Crippen LogP contribution in [0.5, 0.6) is 0 Å². The van der Waals surface area contributed by atoms with Gasteiger partial charge in [0, 0.05) is 24.8 Å². The van der Waals surface area contributed by atoms with Crippen LogP contribution in [0.4, 0.5) is 0 Å². The van der Waals surface area contributed by atoms with Gasteiger partial charge in [0.2, 0.25) is 5.91 Å². The van der Waals surface area contributed by atoms with Crippen LogP contribution in [0.25, 0.3) is 16.7 Å². The fraction of sp³-hybridized carbons (Fsp3) is 0.423. The minimum Gasteiger partial charge on any atom is -0.352 e.